The Balaban J connectivity index is 1.89. The molecule has 0 spiro atoms. The molecule has 8 heteroatoms. The highest BCUT2D eigenvalue weighted by atomic mass is 19.1. The quantitative estimate of drug-likeness (QED) is 0.744. The molecule has 3 heterocycles. The molecule has 120 valence electrons. The fourth-order valence-corrected chi connectivity index (χ4v) is 2.29. The van der Waals surface area contributed by atoms with Crippen LogP contribution in [0.3, 0.4) is 0 Å². The highest BCUT2D eigenvalue weighted by Gasteiger charge is 2.10. The predicted octanol–water partition coefficient (Wildman–Crippen LogP) is 2.48. The largest absolute Gasteiger partial charge is 0.293 e. The molecule has 7 nitrogen and oxygen atoms in total. The first-order valence-electron chi connectivity index (χ1n) is 7.23. The van der Waals surface area contributed by atoms with Gasteiger partial charge in [-0.15, -0.1) is 5.10 Å². The highest BCUT2D eigenvalue weighted by molar-refractivity contribution is 5.89. The van der Waals surface area contributed by atoms with Gasteiger partial charge in [-0.25, -0.2) is 9.50 Å². The molecule has 0 aromatic carbocycles. The maximum Gasteiger partial charge on any atom is 0.249 e. The van der Waals surface area contributed by atoms with E-state index < -0.39 is 5.95 Å². The highest BCUT2D eigenvalue weighted by Crippen LogP contribution is 2.22. The Labute approximate surface area is 136 Å². The second kappa shape index (κ2) is 6.42. The van der Waals surface area contributed by atoms with Gasteiger partial charge in [0, 0.05) is 35.9 Å². The average molecular weight is 324 g/mol. The van der Waals surface area contributed by atoms with Gasteiger partial charge in [0.15, 0.2) is 5.65 Å². The zero-order valence-electron chi connectivity index (χ0n) is 12.8. The van der Waals surface area contributed by atoms with Gasteiger partial charge in [0.1, 0.15) is 0 Å². The van der Waals surface area contributed by atoms with Crippen LogP contribution in [0.15, 0.2) is 30.5 Å². The summed E-state index contributed by atoms with van der Waals surface area (Å²) in [7, 11) is 0. The molecule has 0 unspecified atom stereocenters. The van der Waals surface area contributed by atoms with Crippen molar-refractivity contribution in [1.29, 1.82) is 5.26 Å². The van der Waals surface area contributed by atoms with Crippen LogP contribution in [-0.2, 0) is 4.79 Å². The van der Waals surface area contributed by atoms with E-state index in [1.54, 1.807) is 25.3 Å². The molecule has 24 heavy (non-hydrogen) atoms. The molecule has 0 aliphatic rings. The molecule has 0 fully saturated rings. The molecule has 0 aliphatic heterocycles. The lowest BCUT2D eigenvalue weighted by Crippen LogP contribution is -2.12. The van der Waals surface area contributed by atoms with Gasteiger partial charge in [-0.2, -0.15) is 14.6 Å². The first kappa shape index (κ1) is 15.6. The number of nitriles is 1. The summed E-state index contributed by atoms with van der Waals surface area (Å²) in [5.74, 6) is -0.671. The van der Waals surface area contributed by atoms with Crippen LogP contribution in [0.1, 0.15) is 18.5 Å². The van der Waals surface area contributed by atoms with E-state index in [-0.39, 0.29) is 24.7 Å². The zero-order valence-corrected chi connectivity index (χ0v) is 12.8. The van der Waals surface area contributed by atoms with E-state index in [9.17, 15) is 9.18 Å². The van der Waals surface area contributed by atoms with Crippen molar-refractivity contribution in [3.63, 3.8) is 0 Å². The van der Waals surface area contributed by atoms with Crippen LogP contribution in [-0.4, -0.2) is 25.5 Å². The molecule has 0 saturated carbocycles. The van der Waals surface area contributed by atoms with E-state index in [1.165, 1.54) is 10.6 Å². The molecule has 0 radical (unpaired) electrons. The third-order valence-corrected chi connectivity index (χ3v) is 3.41. The number of aromatic nitrogens is 4. The van der Waals surface area contributed by atoms with Crippen molar-refractivity contribution in [2.75, 3.05) is 5.32 Å². The Morgan fingerprint density at radius 2 is 2.17 bits per heavy atom. The maximum absolute atomic E-state index is 13.1. The molecule has 0 aliphatic carbocycles. The minimum atomic E-state index is -0.527. The van der Waals surface area contributed by atoms with E-state index in [2.05, 4.69) is 20.4 Å². The van der Waals surface area contributed by atoms with Crippen molar-refractivity contribution in [2.45, 2.75) is 19.8 Å². The topological polar surface area (TPSA) is 96.0 Å². The minimum absolute atomic E-state index is 0.0950. The predicted molar refractivity (Wildman–Crippen MR) is 84.4 cm³/mol. The monoisotopic (exact) mass is 324 g/mol. The second-order valence-corrected chi connectivity index (χ2v) is 5.13. The summed E-state index contributed by atoms with van der Waals surface area (Å²) in [6, 6.07) is 8.43. The fourth-order valence-electron chi connectivity index (χ4n) is 2.29. The lowest BCUT2D eigenvalue weighted by Gasteiger charge is -2.05. The van der Waals surface area contributed by atoms with Crippen LogP contribution in [0, 0.1) is 24.2 Å². The number of aryl methyl sites for hydroxylation is 1. The van der Waals surface area contributed by atoms with Gasteiger partial charge in [-0.3, -0.25) is 10.1 Å². The standard InChI is InChI=1S/C16H13FN6O/c1-10-12(5-6-13(17)19-10)11-4-7-14-20-16(22-23(14)9-11)21-15(24)3-2-8-18/h4-7,9H,2-3H2,1H3,(H,21,22,24). The van der Waals surface area contributed by atoms with Crippen molar-refractivity contribution >= 4 is 17.5 Å². The van der Waals surface area contributed by atoms with Crippen LogP contribution in [0.4, 0.5) is 10.3 Å². The van der Waals surface area contributed by atoms with Gasteiger partial charge in [0.2, 0.25) is 17.8 Å². The van der Waals surface area contributed by atoms with E-state index in [1.807, 2.05) is 12.1 Å². The summed E-state index contributed by atoms with van der Waals surface area (Å²) in [5, 5.41) is 15.2. The van der Waals surface area contributed by atoms with Gasteiger partial charge < -0.3 is 0 Å². The number of nitrogens with zero attached hydrogens (tertiary/aromatic N) is 5. The Morgan fingerprint density at radius 1 is 1.33 bits per heavy atom. The maximum atomic E-state index is 13.1. The molecule has 3 aromatic heterocycles. The number of carbonyl (C=O) groups is 1. The number of nitrogens with one attached hydrogen (secondary N) is 1. The van der Waals surface area contributed by atoms with Crippen LogP contribution >= 0.6 is 0 Å². The Hall–Kier alpha value is -3.34. The summed E-state index contributed by atoms with van der Waals surface area (Å²) in [6.45, 7) is 1.73. The van der Waals surface area contributed by atoms with Crippen molar-refractivity contribution < 1.29 is 9.18 Å². The van der Waals surface area contributed by atoms with E-state index >= 15 is 0 Å². The van der Waals surface area contributed by atoms with Crippen molar-refractivity contribution in [3.8, 4) is 17.2 Å². The molecule has 3 rings (SSSR count). The van der Waals surface area contributed by atoms with Gasteiger partial charge in [-0.05, 0) is 31.2 Å². The molecule has 1 amide bonds. The second-order valence-electron chi connectivity index (χ2n) is 5.13. The molecule has 0 saturated heterocycles. The van der Waals surface area contributed by atoms with Crippen LogP contribution < -0.4 is 5.32 Å². The summed E-state index contributed by atoms with van der Waals surface area (Å²) in [4.78, 5) is 19.6. The number of hydrogen-bond acceptors (Lipinski definition) is 5. The lowest BCUT2D eigenvalue weighted by atomic mass is 10.1. The molecular weight excluding hydrogens is 311 g/mol. The lowest BCUT2D eigenvalue weighted by molar-refractivity contribution is -0.116. The first-order valence-corrected chi connectivity index (χ1v) is 7.23. The number of halogens is 1. The van der Waals surface area contributed by atoms with Crippen molar-refractivity contribution in [2.24, 2.45) is 0 Å². The summed E-state index contributed by atoms with van der Waals surface area (Å²) in [5.41, 5.74) is 2.72. The number of pyridine rings is 2. The molecule has 1 N–H and O–H groups in total. The van der Waals surface area contributed by atoms with E-state index in [0.29, 0.717) is 11.3 Å². The third-order valence-electron chi connectivity index (χ3n) is 3.41. The summed E-state index contributed by atoms with van der Waals surface area (Å²) >= 11 is 0. The normalized spacial score (nSPS) is 10.5. The Kier molecular flexibility index (Phi) is 4.16. The number of fused-ring (bicyclic) bond motifs is 1. The van der Waals surface area contributed by atoms with Crippen LogP contribution in [0.5, 0.6) is 0 Å². The van der Waals surface area contributed by atoms with E-state index in [0.717, 1.165) is 11.1 Å². The first-order chi connectivity index (χ1) is 11.6. The molecule has 0 bridgehead atoms. The number of anilines is 1. The minimum Gasteiger partial charge on any atom is -0.293 e. The third kappa shape index (κ3) is 3.20. The summed E-state index contributed by atoms with van der Waals surface area (Å²) in [6.07, 6.45) is 1.97. The van der Waals surface area contributed by atoms with E-state index in [4.69, 9.17) is 5.26 Å². The number of amides is 1. The van der Waals surface area contributed by atoms with Crippen molar-refractivity contribution in [1.82, 2.24) is 19.6 Å². The van der Waals surface area contributed by atoms with Crippen molar-refractivity contribution in [3.05, 3.63) is 42.1 Å². The van der Waals surface area contributed by atoms with Crippen LogP contribution in [0.2, 0.25) is 0 Å². The Bertz CT molecular complexity index is 959. The van der Waals surface area contributed by atoms with Gasteiger partial charge in [0.25, 0.3) is 0 Å². The smallest absolute Gasteiger partial charge is 0.249 e. The Morgan fingerprint density at radius 3 is 2.92 bits per heavy atom. The van der Waals surface area contributed by atoms with Crippen LogP contribution in [0.25, 0.3) is 16.8 Å². The molecule has 0 atom stereocenters. The number of hydrogen-bond donors (Lipinski definition) is 1. The SMILES string of the molecule is Cc1nc(F)ccc1-c1ccc2nc(NC(=O)CCC#N)nn2c1. The zero-order chi connectivity index (χ0) is 17.1. The average Bonchev–Trinajstić information content (AvgIpc) is 2.94. The number of carbonyl (C=O) groups excluding carboxylic acids is 1. The molecular formula is C16H13FN6O. The molecule has 3 aromatic rings. The van der Waals surface area contributed by atoms with Gasteiger partial charge in [0.05, 0.1) is 6.07 Å². The van der Waals surface area contributed by atoms with Gasteiger partial charge >= 0.3 is 0 Å². The number of rotatable bonds is 4. The fraction of sp³-hybridized carbons (Fsp3) is 0.188. The summed E-state index contributed by atoms with van der Waals surface area (Å²) < 4.78 is 14.7. The van der Waals surface area contributed by atoms with Gasteiger partial charge in [-0.1, -0.05) is 0 Å².